The van der Waals surface area contributed by atoms with Gasteiger partial charge in [-0.2, -0.15) is 0 Å². The molecular formula is C18H16. The van der Waals surface area contributed by atoms with E-state index in [1.165, 1.54) is 5.56 Å². The number of hydrogen-bond donors (Lipinski definition) is 0. The molecule has 0 aliphatic rings. The van der Waals surface area contributed by atoms with Crippen LogP contribution >= 0.6 is 0 Å². The molecule has 0 radical (unpaired) electrons. The molecule has 0 aromatic heterocycles. The molecule has 0 fully saturated rings. The smallest absolute Gasteiger partial charge is 0.0249 e. The highest BCUT2D eigenvalue weighted by Crippen LogP contribution is 2.11. The van der Waals surface area contributed by atoms with Crippen LogP contribution in [0.5, 0.6) is 0 Å². The Morgan fingerprint density at radius 1 is 0.833 bits per heavy atom. The summed E-state index contributed by atoms with van der Waals surface area (Å²) >= 11 is 0. The van der Waals surface area contributed by atoms with Crippen molar-refractivity contribution >= 4 is 5.57 Å². The van der Waals surface area contributed by atoms with Gasteiger partial charge >= 0.3 is 0 Å². The number of allylic oxidation sites excluding steroid dienone is 1. The number of hydrogen-bond acceptors (Lipinski definition) is 0. The molecule has 0 nitrogen and oxygen atoms in total. The Bertz CT molecular complexity index is 602. The van der Waals surface area contributed by atoms with Gasteiger partial charge in [-0.1, -0.05) is 53.8 Å². The van der Waals surface area contributed by atoms with E-state index in [1.807, 2.05) is 31.2 Å². The predicted octanol–water partition coefficient (Wildman–Crippen LogP) is 4.43. The van der Waals surface area contributed by atoms with Crippen LogP contribution < -0.4 is 0 Å². The van der Waals surface area contributed by atoms with Gasteiger partial charge in [-0.25, -0.2) is 0 Å². The lowest BCUT2D eigenvalue weighted by atomic mass is 10.1. The minimum absolute atomic E-state index is 1.03. The highest BCUT2D eigenvalue weighted by molar-refractivity contribution is 5.62. The Morgan fingerprint density at radius 2 is 1.28 bits per heavy atom. The largest absolute Gasteiger partial charge is 0.0955 e. The van der Waals surface area contributed by atoms with E-state index in [0.29, 0.717) is 0 Å². The van der Waals surface area contributed by atoms with E-state index >= 15 is 0 Å². The van der Waals surface area contributed by atoms with E-state index in [9.17, 15) is 0 Å². The Kier molecular flexibility index (Phi) is 3.65. The van der Waals surface area contributed by atoms with E-state index in [-0.39, 0.29) is 0 Å². The lowest BCUT2D eigenvalue weighted by Gasteiger charge is -1.98. The second-order valence-corrected chi connectivity index (χ2v) is 4.47. The average molecular weight is 232 g/mol. The van der Waals surface area contributed by atoms with Gasteiger partial charge in [0.05, 0.1) is 0 Å². The zero-order valence-corrected chi connectivity index (χ0v) is 10.8. The Morgan fingerprint density at radius 3 is 1.72 bits per heavy atom. The normalized spacial score (nSPS) is 9.44. The van der Waals surface area contributed by atoms with E-state index in [1.54, 1.807) is 0 Å². The van der Waals surface area contributed by atoms with E-state index in [0.717, 1.165) is 22.3 Å². The summed E-state index contributed by atoms with van der Waals surface area (Å²) in [6, 6.07) is 16.4. The lowest BCUT2D eigenvalue weighted by molar-refractivity contribution is 1.46. The van der Waals surface area contributed by atoms with Crippen LogP contribution in [0.3, 0.4) is 0 Å². The fourth-order valence-electron chi connectivity index (χ4n) is 1.62. The van der Waals surface area contributed by atoms with Crippen molar-refractivity contribution in [3.05, 3.63) is 77.4 Å². The number of aryl methyl sites for hydroxylation is 1. The molecule has 0 amide bonds. The molecule has 0 spiro atoms. The third-order valence-corrected chi connectivity index (χ3v) is 2.78. The van der Waals surface area contributed by atoms with Gasteiger partial charge in [0, 0.05) is 11.1 Å². The van der Waals surface area contributed by atoms with Crippen molar-refractivity contribution in [2.75, 3.05) is 0 Å². The molecule has 0 saturated heterocycles. The summed E-state index contributed by atoms with van der Waals surface area (Å²) in [4.78, 5) is 0. The summed E-state index contributed by atoms with van der Waals surface area (Å²) in [7, 11) is 0. The second kappa shape index (κ2) is 5.38. The Labute approximate surface area is 109 Å². The first-order valence-corrected chi connectivity index (χ1v) is 6.00. The highest BCUT2D eigenvalue weighted by Gasteiger charge is 1.92. The van der Waals surface area contributed by atoms with Crippen LogP contribution in [-0.4, -0.2) is 0 Å². The molecule has 0 heteroatoms. The van der Waals surface area contributed by atoms with Crippen LogP contribution in [0.1, 0.15) is 29.2 Å². The molecule has 88 valence electrons. The first kappa shape index (κ1) is 12.2. The maximum absolute atomic E-state index is 3.92. The zero-order valence-electron chi connectivity index (χ0n) is 10.8. The van der Waals surface area contributed by atoms with E-state index in [2.05, 4.69) is 49.6 Å². The molecule has 0 aliphatic carbocycles. The van der Waals surface area contributed by atoms with Crippen LogP contribution in [0, 0.1) is 18.8 Å². The fraction of sp³-hybridized carbons (Fsp3) is 0.111. The topological polar surface area (TPSA) is 0 Å². The maximum atomic E-state index is 3.92. The van der Waals surface area contributed by atoms with Crippen LogP contribution in [0.4, 0.5) is 0 Å². The molecule has 0 atom stereocenters. The standard InChI is InChI=1S/C18H16/c1-14(2)18-12-10-17(11-13-18)9-8-16-6-4-15(3)5-7-16/h4-7,10-13H,1H2,2-3H3. The van der Waals surface area contributed by atoms with Crippen LogP contribution in [0.2, 0.25) is 0 Å². The molecule has 0 unspecified atom stereocenters. The SMILES string of the molecule is C=C(C)c1ccc(C#Cc2ccc(C)cc2)cc1. The van der Waals surface area contributed by atoms with Gasteiger partial charge in [0.1, 0.15) is 0 Å². The average Bonchev–Trinajstić information content (AvgIpc) is 2.38. The molecule has 2 aromatic rings. The molecule has 0 heterocycles. The molecular weight excluding hydrogens is 216 g/mol. The monoisotopic (exact) mass is 232 g/mol. The molecule has 0 aliphatic heterocycles. The summed E-state index contributed by atoms with van der Waals surface area (Å²) < 4.78 is 0. The summed E-state index contributed by atoms with van der Waals surface area (Å²) in [5.41, 5.74) is 5.57. The first-order valence-electron chi connectivity index (χ1n) is 6.00. The lowest BCUT2D eigenvalue weighted by Crippen LogP contribution is -1.80. The van der Waals surface area contributed by atoms with Crippen molar-refractivity contribution in [1.29, 1.82) is 0 Å². The maximum Gasteiger partial charge on any atom is 0.0249 e. The van der Waals surface area contributed by atoms with Crippen LogP contribution in [0.15, 0.2) is 55.1 Å². The second-order valence-electron chi connectivity index (χ2n) is 4.47. The quantitative estimate of drug-likeness (QED) is 0.638. The summed E-state index contributed by atoms with van der Waals surface area (Å²) in [5, 5.41) is 0. The third kappa shape index (κ3) is 3.12. The van der Waals surface area contributed by atoms with Crippen molar-refractivity contribution < 1.29 is 0 Å². The highest BCUT2D eigenvalue weighted by atomic mass is 14.0. The van der Waals surface area contributed by atoms with Crippen molar-refractivity contribution in [3.63, 3.8) is 0 Å². The van der Waals surface area contributed by atoms with Crippen molar-refractivity contribution in [1.82, 2.24) is 0 Å². The van der Waals surface area contributed by atoms with Gasteiger partial charge in [0.2, 0.25) is 0 Å². The zero-order chi connectivity index (χ0) is 13.0. The molecule has 0 N–H and O–H groups in total. The summed E-state index contributed by atoms with van der Waals surface area (Å²) in [5.74, 6) is 6.33. The van der Waals surface area contributed by atoms with Crippen molar-refractivity contribution in [2.45, 2.75) is 13.8 Å². The van der Waals surface area contributed by atoms with Gasteiger partial charge in [-0.15, -0.1) is 0 Å². The van der Waals surface area contributed by atoms with Crippen LogP contribution in [0.25, 0.3) is 5.57 Å². The minimum Gasteiger partial charge on any atom is -0.0955 e. The van der Waals surface area contributed by atoms with Crippen molar-refractivity contribution in [2.24, 2.45) is 0 Å². The number of rotatable bonds is 1. The van der Waals surface area contributed by atoms with Gasteiger partial charge in [0.15, 0.2) is 0 Å². The summed E-state index contributed by atoms with van der Waals surface area (Å²) in [6.07, 6.45) is 0. The van der Waals surface area contributed by atoms with Gasteiger partial charge in [-0.05, 0) is 43.7 Å². The molecule has 2 rings (SSSR count). The third-order valence-electron chi connectivity index (χ3n) is 2.78. The number of benzene rings is 2. The Hall–Kier alpha value is -2.26. The van der Waals surface area contributed by atoms with E-state index < -0.39 is 0 Å². The van der Waals surface area contributed by atoms with E-state index in [4.69, 9.17) is 0 Å². The molecule has 18 heavy (non-hydrogen) atoms. The minimum atomic E-state index is 1.03. The predicted molar refractivity (Wildman–Crippen MR) is 78.3 cm³/mol. The van der Waals surface area contributed by atoms with Gasteiger partial charge in [0.25, 0.3) is 0 Å². The Balaban J connectivity index is 2.19. The van der Waals surface area contributed by atoms with Gasteiger partial charge in [-0.3, -0.25) is 0 Å². The first-order chi connectivity index (χ1) is 8.65. The fourth-order valence-corrected chi connectivity index (χ4v) is 1.62. The van der Waals surface area contributed by atoms with Gasteiger partial charge < -0.3 is 0 Å². The van der Waals surface area contributed by atoms with Crippen molar-refractivity contribution in [3.8, 4) is 11.8 Å². The molecule has 0 bridgehead atoms. The molecule has 0 saturated carbocycles. The van der Waals surface area contributed by atoms with Crippen LogP contribution in [-0.2, 0) is 0 Å². The summed E-state index contributed by atoms with van der Waals surface area (Å²) in [6.45, 7) is 8.00. The molecule has 2 aromatic carbocycles.